The van der Waals surface area contributed by atoms with Crippen molar-refractivity contribution in [3.05, 3.63) is 35.5 Å². The summed E-state index contributed by atoms with van der Waals surface area (Å²) in [5.74, 6) is 1.73. The highest BCUT2D eigenvalue weighted by Gasteiger charge is 2.48. The van der Waals surface area contributed by atoms with Crippen molar-refractivity contribution in [1.29, 1.82) is 0 Å². The first-order chi connectivity index (χ1) is 13.5. The standard InChI is InChI=1S/C27H44O/c1-4-5-6-7-8-9-12-24-16-18-26-22(11-10-19-27(24,26)3)14-15-23-20-25(28)17-13-21(23)2/h14-15,24-26,28H,2,4-13,16-20H2,1,3H3/b22-14+,23-15+. The van der Waals surface area contributed by atoms with Crippen molar-refractivity contribution in [2.45, 2.75) is 116 Å². The molecule has 4 atom stereocenters. The maximum absolute atomic E-state index is 10.0. The topological polar surface area (TPSA) is 20.2 Å². The molecule has 0 aliphatic heterocycles. The molecule has 0 saturated heterocycles. The molecule has 3 aliphatic carbocycles. The fraction of sp³-hybridized carbons (Fsp3) is 0.778. The smallest absolute Gasteiger partial charge is 0.0583 e. The molecule has 1 heteroatoms. The molecule has 0 bridgehead atoms. The Kier molecular flexibility index (Phi) is 8.03. The largest absolute Gasteiger partial charge is 0.393 e. The lowest BCUT2D eigenvalue weighted by Crippen LogP contribution is -2.33. The molecule has 0 aromatic heterocycles. The molecule has 0 spiro atoms. The highest BCUT2D eigenvalue weighted by molar-refractivity contribution is 5.36. The van der Waals surface area contributed by atoms with E-state index in [2.05, 4.69) is 32.6 Å². The molecule has 3 aliphatic rings. The van der Waals surface area contributed by atoms with E-state index in [9.17, 15) is 5.11 Å². The first-order valence-electron chi connectivity index (χ1n) is 12.3. The van der Waals surface area contributed by atoms with Crippen LogP contribution in [0.15, 0.2) is 35.5 Å². The van der Waals surface area contributed by atoms with E-state index in [0.717, 1.165) is 31.1 Å². The van der Waals surface area contributed by atoms with Crippen molar-refractivity contribution in [2.24, 2.45) is 17.3 Å². The molecule has 0 aromatic carbocycles. The van der Waals surface area contributed by atoms with E-state index in [1.54, 1.807) is 5.57 Å². The number of allylic oxidation sites excluding steroid dienone is 4. The molecule has 0 heterocycles. The Morgan fingerprint density at radius 1 is 1.04 bits per heavy atom. The van der Waals surface area contributed by atoms with Gasteiger partial charge < -0.3 is 5.11 Å². The van der Waals surface area contributed by atoms with Gasteiger partial charge in [0.1, 0.15) is 0 Å². The quantitative estimate of drug-likeness (QED) is 0.421. The lowest BCUT2D eigenvalue weighted by molar-refractivity contribution is 0.127. The third kappa shape index (κ3) is 5.21. The summed E-state index contributed by atoms with van der Waals surface area (Å²) in [4.78, 5) is 0. The third-order valence-electron chi connectivity index (χ3n) is 8.25. The van der Waals surface area contributed by atoms with E-state index < -0.39 is 0 Å². The Morgan fingerprint density at radius 3 is 2.64 bits per heavy atom. The first-order valence-corrected chi connectivity index (χ1v) is 12.3. The Balaban J connectivity index is 1.59. The van der Waals surface area contributed by atoms with Gasteiger partial charge in [0.15, 0.2) is 0 Å². The zero-order valence-corrected chi connectivity index (χ0v) is 18.6. The maximum atomic E-state index is 10.0. The van der Waals surface area contributed by atoms with Crippen molar-refractivity contribution in [3.63, 3.8) is 0 Å². The molecule has 3 rings (SSSR count). The van der Waals surface area contributed by atoms with E-state index >= 15 is 0 Å². The van der Waals surface area contributed by atoms with Gasteiger partial charge in [-0.1, -0.05) is 82.2 Å². The van der Waals surface area contributed by atoms with Crippen LogP contribution < -0.4 is 0 Å². The molecule has 0 amide bonds. The van der Waals surface area contributed by atoms with E-state index in [1.807, 2.05) is 0 Å². The van der Waals surface area contributed by atoms with Gasteiger partial charge in [0.2, 0.25) is 0 Å². The van der Waals surface area contributed by atoms with Crippen molar-refractivity contribution in [2.75, 3.05) is 0 Å². The Labute approximate surface area is 174 Å². The van der Waals surface area contributed by atoms with Crippen LogP contribution in [0.4, 0.5) is 0 Å². The minimum absolute atomic E-state index is 0.167. The Bertz CT molecular complexity index is 583. The summed E-state index contributed by atoms with van der Waals surface area (Å²) in [5.41, 5.74) is 4.77. The number of aliphatic hydroxyl groups is 1. The number of unbranched alkanes of at least 4 members (excludes halogenated alkanes) is 5. The molecular formula is C27H44O. The normalized spacial score (nSPS) is 36.2. The average molecular weight is 385 g/mol. The SMILES string of the molecule is C=C1CCC(O)C/C1=C\C=C1/CCCC2(C)C(CCCCCCCC)CCC12. The summed E-state index contributed by atoms with van der Waals surface area (Å²) in [5, 5.41) is 10.0. The third-order valence-corrected chi connectivity index (χ3v) is 8.25. The van der Waals surface area contributed by atoms with Gasteiger partial charge >= 0.3 is 0 Å². The van der Waals surface area contributed by atoms with Crippen LogP contribution in [0.5, 0.6) is 0 Å². The number of aliphatic hydroxyl groups excluding tert-OH is 1. The molecule has 158 valence electrons. The van der Waals surface area contributed by atoms with E-state index in [1.165, 1.54) is 88.2 Å². The number of hydrogen-bond acceptors (Lipinski definition) is 1. The van der Waals surface area contributed by atoms with Gasteiger partial charge in [-0.2, -0.15) is 0 Å². The average Bonchev–Trinajstić information content (AvgIpc) is 3.02. The number of fused-ring (bicyclic) bond motifs is 1. The summed E-state index contributed by atoms with van der Waals surface area (Å²) in [6, 6.07) is 0. The maximum Gasteiger partial charge on any atom is 0.0583 e. The molecule has 1 nitrogen and oxygen atoms in total. The van der Waals surface area contributed by atoms with E-state index in [-0.39, 0.29) is 6.10 Å². The summed E-state index contributed by atoms with van der Waals surface area (Å²) < 4.78 is 0. The second-order valence-corrected chi connectivity index (χ2v) is 10.2. The molecule has 4 unspecified atom stereocenters. The van der Waals surface area contributed by atoms with Crippen molar-refractivity contribution in [3.8, 4) is 0 Å². The lowest BCUT2D eigenvalue weighted by Gasteiger charge is -2.42. The van der Waals surface area contributed by atoms with Crippen LogP contribution in [-0.4, -0.2) is 11.2 Å². The fourth-order valence-electron chi connectivity index (χ4n) is 6.39. The van der Waals surface area contributed by atoms with Gasteiger partial charge in [-0.25, -0.2) is 0 Å². The molecule has 1 N–H and O–H groups in total. The van der Waals surface area contributed by atoms with Crippen molar-refractivity contribution in [1.82, 2.24) is 0 Å². The van der Waals surface area contributed by atoms with E-state index in [4.69, 9.17) is 0 Å². The highest BCUT2D eigenvalue weighted by atomic mass is 16.3. The highest BCUT2D eigenvalue weighted by Crippen LogP contribution is 2.58. The molecule has 0 radical (unpaired) electrons. The minimum Gasteiger partial charge on any atom is -0.393 e. The minimum atomic E-state index is -0.167. The van der Waals surface area contributed by atoms with E-state index in [0.29, 0.717) is 5.41 Å². The summed E-state index contributed by atoms with van der Waals surface area (Å²) in [6.45, 7) is 9.15. The number of rotatable bonds is 8. The molecule has 3 fully saturated rings. The molecule has 28 heavy (non-hydrogen) atoms. The second-order valence-electron chi connectivity index (χ2n) is 10.2. The predicted molar refractivity (Wildman–Crippen MR) is 121 cm³/mol. The molecule has 3 saturated carbocycles. The van der Waals surface area contributed by atoms with Crippen LogP contribution in [0.2, 0.25) is 0 Å². The van der Waals surface area contributed by atoms with Crippen LogP contribution in [0.3, 0.4) is 0 Å². The van der Waals surface area contributed by atoms with Gasteiger partial charge in [0, 0.05) is 0 Å². The summed E-state index contributed by atoms with van der Waals surface area (Å²) in [6.07, 6.45) is 24.1. The summed E-state index contributed by atoms with van der Waals surface area (Å²) >= 11 is 0. The molecular weight excluding hydrogens is 340 g/mol. The van der Waals surface area contributed by atoms with Crippen LogP contribution >= 0.6 is 0 Å². The van der Waals surface area contributed by atoms with Crippen LogP contribution in [0, 0.1) is 17.3 Å². The van der Waals surface area contributed by atoms with Crippen LogP contribution in [-0.2, 0) is 0 Å². The van der Waals surface area contributed by atoms with Crippen molar-refractivity contribution >= 4 is 0 Å². The first kappa shape index (κ1) is 21.9. The van der Waals surface area contributed by atoms with Gasteiger partial charge in [-0.05, 0) is 80.6 Å². The lowest BCUT2D eigenvalue weighted by atomic mass is 9.62. The molecule has 0 aromatic rings. The van der Waals surface area contributed by atoms with Gasteiger partial charge in [0.25, 0.3) is 0 Å². The second kappa shape index (κ2) is 10.3. The van der Waals surface area contributed by atoms with Gasteiger partial charge in [0.05, 0.1) is 6.10 Å². The Morgan fingerprint density at radius 2 is 1.82 bits per heavy atom. The summed E-state index contributed by atoms with van der Waals surface area (Å²) in [7, 11) is 0. The van der Waals surface area contributed by atoms with Crippen LogP contribution in [0.25, 0.3) is 0 Å². The Hall–Kier alpha value is -0.820. The van der Waals surface area contributed by atoms with Crippen molar-refractivity contribution < 1.29 is 5.11 Å². The van der Waals surface area contributed by atoms with Gasteiger partial charge in [-0.3, -0.25) is 0 Å². The zero-order chi connectivity index (χ0) is 20.0. The zero-order valence-electron chi connectivity index (χ0n) is 18.6. The predicted octanol–water partition coefficient (Wildman–Crippen LogP) is 7.91. The fourth-order valence-corrected chi connectivity index (χ4v) is 6.39. The van der Waals surface area contributed by atoms with Crippen LogP contribution in [0.1, 0.15) is 110 Å². The number of hydrogen-bond donors (Lipinski definition) is 1. The van der Waals surface area contributed by atoms with Gasteiger partial charge in [-0.15, -0.1) is 0 Å². The monoisotopic (exact) mass is 384 g/mol.